The van der Waals surface area contributed by atoms with Gasteiger partial charge in [-0.1, -0.05) is 18.2 Å². The fraction of sp³-hybridized carbons (Fsp3) is 0.0870. The Hall–Kier alpha value is -2.89. The molecule has 0 bridgehead atoms. The monoisotopic (exact) mass is 403 g/mol. The number of carbonyl (C=O) groups is 1. The molecule has 28 heavy (non-hydrogen) atoms. The van der Waals surface area contributed by atoms with E-state index in [1.165, 1.54) is 22.9 Å². The van der Waals surface area contributed by atoms with Gasteiger partial charge in [-0.2, -0.15) is 0 Å². The van der Waals surface area contributed by atoms with Gasteiger partial charge in [-0.25, -0.2) is 0 Å². The maximum atomic E-state index is 12.6. The van der Waals surface area contributed by atoms with Gasteiger partial charge < -0.3 is 9.67 Å². The van der Waals surface area contributed by atoms with Gasteiger partial charge >= 0.3 is 0 Å². The minimum absolute atomic E-state index is 0.00279. The Morgan fingerprint density at radius 1 is 1.04 bits per heavy atom. The van der Waals surface area contributed by atoms with E-state index >= 15 is 0 Å². The number of para-hydroxylation sites is 1. The third-order valence-corrected chi connectivity index (χ3v) is 7.14. The average molecular weight is 404 g/mol. The number of aryl methyl sites for hydroxylation is 1. The Morgan fingerprint density at radius 3 is 2.68 bits per heavy atom. The largest absolute Gasteiger partial charge is 0.507 e. The summed E-state index contributed by atoms with van der Waals surface area (Å²) >= 11 is 3.08. The summed E-state index contributed by atoms with van der Waals surface area (Å²) in [5.41, 5.74) is 2.96. The molecule has 0 aliphatic heterocycles. The number of allylic oxidation sites excluding steroid dienone is 1. The number of benzene rings is 2. The van der Waals surface area contributed by atoms with Crippen molar-refractivity contribution in [2.75, 3.05) is 0 Å². The molecule has 5 heteroatoms. The predicted molar refractivity (Wildman–Crippen MR) is 120 cm³/mol. The number of nitrogens with zero attached hydrogens (tertiary/aromatic N) is 1. The minimum Gasteiger partial charge on any atom is -0.507 e. The second-order valence-electron chi connectivity index (χ2n) is 6.65. The Labute approximate surface area is 169 Å². The number of rotatable bonds is 4. The molecule has 0 aliphatic rings. The SMILES string of the molecule is CCn1c2ccccc2c2cc(/C(O)=C/C(=O)c3cc4sccc4s3)ccc21. The van der Waals surface area contributed by atoms with Crippen molar-refractivity contribution in [2.24, 2.45) is 0 Å². The fourth-order valence-electron chi connectivity index (χ4n) is 3.72. The zero-order valence-corrected chi connectivity index (χ0v) is 16.8. The highest BCUT2D eigenvalue weighted by molar-refractivity contribution is 7.28. The van der Waals surface area contributed by atoms with Gasteiger partial charge in [0.15, 0.2) is 5.78 Å². The Balaban J connectivity index is 1.58. The number of ketones is 1. The quantitative estimate of drug-likeness (QED) is 0.202. The molecule has 0 fully saturated rings. The molecule has 2 aromatic carbocycles. The average Bonchev–Trinajstić information content (AvgIpc) is 3.39. The summed E-state index contributed by atoms with van der Waals surface area (Å²) in [5, 5.41) is 14.9. The molecule has 3 heterocycles. The zero-order chi connectivity index (χ0) is 19.3. The van der Waals surface area contributed by atoms with Crippen molar-refractivity contribution in [3.8, 4) is 0 Å². The van der Waals surface area contributed by atoms with Crippen molar-refractivity contribution >= 4 is 65.4 Å². The number of hydrogen-bond donors (Lipinski definition) is 1. The van der Waals surface area contributed by atoms with Gasteiger partial charge in [-0.3, -0.25) is 4.79 Å². The second-order valence-corrected chi connectivity index (χ2v) is 8.68. The highest BCUT2D eigenvalue weighted by atomic mass is 32.1. The van der Waals surface area contributed by atoms with Crippen LogP contribution in [-0.2, 0) is 6.54 Å². The number of aliphatic hydroxyl groups is 1. The Kier molecular flexibility index (Phi) is 4.07. The first-order chi connectivity index (χ1) is 13.7. The highest BCUT2D eigenvalue weighted by Gasteiger charge is 2.13. The third-order valence-electron chi connectivity index (χ3n) is 5.03. The van der Waals surface area contributed by atoms with Crippen molar-refractivity contribution < 1.29 is 9.90 Å². The van der Waals surface area contributed by atoms with Crippen LogP contribution in [0.25, 0.3) is 37.0 Å². The van der Waals surface area contributed by atoms with Crippen LogP contribution in [-0.4, -0.2) is 15.5 Å². The van der Waals surface area contributed by atoms with E-state index in [2.05, 4.69) is 23.6 Å². The van der Waals surface area contributed by atoms with Gasteiger partial charge in [0.25, 0.3) is 0 Å². The summed E-state index contributed by atoms with van der Waals surface area (Å²) in [7, 11) is 0. The van der Waals surface area contributed by atoms with Crippen molar-refractivity contribution in [1.29, 1.82) is 0 Å². The van der Waals surface area contributed by atoms with Crippen LogP contribution in [0.15, 0.2) is 66.1 Å². The van der Waals surface area contributed by atoms with E-state index in [0.717, 1.165) is 32.2 Å². The molecule has 0 spiro atoms. The van der Waals surface area contributed by atoms with Crippen molar-refractivity contribution in [1.82, 2.24) is 4.57 Å². The molecule has 1 N–H and O–H groups in total. The number of carbonyl (C=O) groups excluding carboxylic acids is 1. The van der Waals surface area contributed by atoms with Gasteiger partial charge in [-0.05, 0) is 48.7 Å². The molecule has 138 valence electrons. The summed E-state index contributed by atoms with van der Waals surface area (Å²) < 4.78 is 4.48. The number of fused-ring (bicyclic) bond motifs is 4. The van der Waals surface area contributed by atoms with E-state index in [4.69, 9.17) is 0 Å². The molecular weight excluding hydrogens is 386 g/mol. The molecule has 0 aliphatic carbocycles. The van der Waals surface area contributed by atoms with Crippen molar-refractivity contribution in [3.05, 3.63) is 76.5 Å². The van der Waals surface area contributed by atoms with Crippen molar-refractivity contribution in [3.63, 3.8) is 0 Å². The molecule has 0 unspecified atom stereocenters. The van der Waals surface area contributed by atoms with Gasteiger partial charge in [0.2, 0.25) is 0 Å². The molecule has 3 aromatic heterocycles. The number of aliphatic hydroxyl groups excluding tert-OH is 1. The van der Waals surface area contributed by atoms with E-state index in [9.17, 15) is 9.90 Å². The normalized spacial score (nSPS) is 12.4. The van der Waals surface area contributed by atoms with E-state index in [0.29, 0.717) is 10.4 Å². The first-order valence-corrected chi connectivity index (χ1v) is 10.8. The summed E-state index contributed by atoms with van der Waals surface area (Å²) in [5.74, 6) is -0.168. The number of aromatic nitrogens is 1. The van der Waals surface area contributed by atoms with Gasteiger partial charge in [0.05, 0.1) is 4.88 Å². The molecule has 0 saturated heterocycles. The molecule has 0 amide bonds. The van der Waals surface area contributed by atoms with Crippen molar-refractivity contribution in [2.45, 2.75) is 13.5 Å². The highest BCUT2D eigenvalue weighted by Crippen LogP contribution is 2.32. The zero-order valence-electron chi connectivity index (χ0n) is 15.2. The second kappa shape index (κ2) is 6.62. The first-order valence-electron chi connectivity index (χ1n) is 9.09. The van der Waals surface area contributed by atoms with Gasteiger partial charge in [-0.15, -0.1) is 22.7 Å². The lowest BCUT2D eigenvalue weighted by molar-refractivity contribution is 0.105. The summed E-state index contributed by atoms with van der Waals surface area (Å²) in [6, 6.07) is 18.0. The lowest BCUT2D eigenvalue weighted by Gasteiger charge is -2.04. The Bertz CT molecular complexity index is 1360. The van der Waals surface area contributed by atoms with Crippen LogP contribution >= 0.6 is 22.7 Å². The molecule has 5 aromatic rings. The molecule has 0 radical (unpaired) electrons. The fourth-order valence-corrected chi connectivity index (χ4v) is 5.74. The summed E-state index contributed by atoms with van der Waals surface area (Å²) in [6.07, 6.45) is 1.33. The van der Waals surface area contributed by atoms with Crippen LogP contribution in [0.5, 0.6) is 0 Å². The molecule has 0 saturated carbocycles. The summed E-state index contributed by atoms with van der Waals surface area (Å²) in [6.45, 7) is 3.00. The maximum absolute atomic E-state index is 12.6. The number of hydrogen-bond acceptors (Lipinski definition) is 4. The standard InChI is InChI=1S/C23H17NO2S2/c1-2-24-17-6-4-3-5-15(17)16-11-14(7-8-18(16)24)19(25)12-20(26)22-13-23-21(28-22)9-10-27-23/h3-13,25H,2H2,1H3/b19-12-. The molecular formula is C23H17NO2S2. The predicted octanol–water partition coefficient (Wildman–Crippen LogP) is 6.87. The van der Waals surface area contributed by atoms with E-state index in [1.807, 2.05) is 47.8 Å². The maximum Gasteiger partial charge on any atom is 0.199 e. The molecule has 3 nitrogen and oxygen atoms in total. The minimum atomic E-state index is -0.165. The number of thiophene rings is 2. The van der Waals surface area contributed by atoms with E-state index in [-0.39, 0.29) is 11.5 Å². The van der Waals surface area contributed by atoms with E-state index < -0.39 is 0 Å². The van der Waals surface area contributed by atoms with Crippen LogP contribution in [0.4, 0.5) is 0 Å². The van der Waals surface area contributed by atoms with Crippen LogP contribution in [0, 0.1) is 0 Å². The van der Waals surface area contributed by atoms with Crippen LogP contribution in [0.2, 0.25) is 0 Å². The lowest BCUT2D eigenvalue weighted by Crippen LogP contribution is -1.94. The summed E-state index contributed by atoms with van der Waals surface area (Å²) in [4.78, 5) is 13.2. The Morgan fingerprint density at radius 2 is 1.86 bits per heavy atom. The van der Waals surface area contributed by atoms with Crippen LogP contribution < -0.4 is 0 Å². The van der Waals surface area contributed by atoms with Gasteiger partial charge in [0.1, 0.15) is 5.76 Å². The topological polar surface area (TPSA) is 42.2 Å². The van der Waals surface area contributed by atoms with Crippen LogP contribution in [0.3, 0.4) is 0 Å². The molecule has 5 rings (SSSR count). The van der Waals surface area contributed by atoms with Crippen LogP contribution in [0.1, 0.15) is 22.2 Å². The first kappa shape index (κ1) is 17.2. The van der Waals surface area contributed by atoms with Gasteiger partial charge in [0, 0.05) is 49.4 Å². The lowest BCUT2D eigenvalue weighted by atomic mass is 10.1. The van der Waals surface area contributed by atoms with E-state index in [1.54, 1.807) is 11.3 Å². The smallest absolute Gasteiger partial charge is 0.199 e. The molecule has 0 atom stereocenters. The third kappa shape index (κ3) is 2.66.